The molecule has 10 rings (SSSR count). The molecule has 5 aromatic carbocycles. The number of nitrogens with zero attached hydrogens (tertiary/aromatic N) is 4. The first-order valence-corrected chi connectivity index (χ1v) is 16.2. The van der Waals surface area contributed by atoms with E-state index in [1.54, 1.807) is 11.3 Å². The summed E-state index contributed by atoms with van der Waals surface area (Å²) in [4.78, 5) is 20.1. The molecule has 8 aromatic rings. The van der Waals surface area contributed by atoms with Gasteiger partial charge >= 0.3 is 0 Å². The fraction of sp³-hybridized carbons (Fsp3) is 0.0500. The lowest BCUT2D eigenvalue weighted by Gasteiger charge is -2.14. The Hall–Kier alpha value is -5.72. The van der Waals surface area contributed by atoms with Crippen LogP contribution in [0.2, 0.25) is 0 Å². The molecule has 4 heterocycles. The lowest BCUT2D eigenvalue weighted by molar-refractivity contribution is 0.269. The highest BCUT2D eigenvalue weighted by Gasteiger charge is 2.36. The van der Waals surface area contributed by atoms with Crippen molar-refractivity contribution in [3.8, 4) is 39.9 Å². The van der Waals surface area contributed by atoms with E-state index in [4.69, 9.17) is 19.7 Å². The highest BCUT2D eigenvalue weighted by Crippen LogP contribution is 2.50. The number of ether oxygens (including phenoxy) is 1. The molecule has 3 aromatic heterocycles. The van der Waals surface area contributed by atoms with Gasteiger partial charge in [0.2, 0.25) is 0 Å². The number of hydrogen-bond acceptors (Lipinski definition) is 6. The van der Waals surface area contributed by atoms with E-state index in [-0.39, 0.29) is 12.0 Å². The van der Waals surface area contributed by atoms with Crippen LogP contribution in [0.15, 0.2) is 134 Å². The van der Waals surface area contributed by atoms with Crippen molar-refractivity contribution in [3.05, 3.63) is 139 Å². The molecule has 46 heavy (non-hydrogen) atoms. The maximum Gasteiger partial charge on any atom is 0.167 e. The molecule has 2 unspecified atom stereocenters. The van der Waals surface area contributed by atoms with Crippen molar-refractivity contribution < 1.29 is 4.74 Å². The van der Waals surface area contributed by atoms with Gasteiger partial charge in [-0.15, -0.1) is 11.3 Å². The zero-order valence-corrected chi connectivity index (χ0v) is 25.3. The van der Waals surface area contributed by atoms with Crippen LogP contribution in [0, 0.1) is 0 Å². The highest BCUT2D eigenvalue weighted by molar-refractivity contribution is 7.25. The summed E-state index contributed by atoms with van der Waals surface area (Å²) < 4.78 is 9.16. The van der Waals surface area contributed by atoms with Crippen molar-refractivity contribution in [2.75, 3.05) is 0 Å². The second-order valence-corrected chi connectivity index (χ2v) is 12.9. The van der Waals surface area contributed by atoms with Crippen molar-refractivity contribution in [1.29, 1.82) is 0 Å². The van der Waals surface area contributed by atoms with Crippen LogP contribution in [0.1, 0.15) is 11.5 Å². The first kappa shape index (κ1) is 25.6. The SMILES string of the molecule is C1=CC2Oc3c(-c4nc(-c5ccc6ccccc6c5)nc(-c5cccc6sc7ccccc7c56)n4)cc4cnccc4c3C2C=C1. The second-order valence-electron chi connectivity index (χ2n) is 11.8. The largest absolute Gasteiger partial charge is 0.484 e. The number of hydrogen-bond donors (Lipinski definition) is 0. The van der Waals surface area contributed by atoms with E-state index in [1.807, 2.05) is 12.4 Å². The summed E-state index contributed by atoms with van der Waals surface area (Å²) in [6, 6.07) is 33.9. The standard InChI is InChI=1S/C40H24N4OS/c1-2-9-24-20-25(17-16-23(24)8-1)38-42-39(30-12-7-15-34-35(30)29-11-4-6-14-33(29)46-34)44-40(43-38)31-21-26-22-41-19-18-27(26)36-28-10-3-5-13-32(28)45-37(31)36/h1-22,28,32H. The Labute approximate surface area is 268 Å². The summed E-state index contributed by atoms with van der Waals surface area (Å²) in [7, 11) is 0. The van der Waals surface area contributed by atoms with Gasteiger partial charge in [0.1, 0.15) is 11.9 Å². The highest BCUT2D eigenvalue weighted by atomic mass is 32.1. The average molecular weight is 609 g/mol. The zero-order chi connectivity index (χ0) is 30.2. The summed E-state index contributed by atoms with van der Waals surface area (Å²) in [5, 5.41) is 6.85. The molecular weight excluding hydrogens is 585 g/mol. The van der Waals surface area contributed by atoms with E-state index in [0.717, 1.165) is 49.5 Å². The smallest absolute Gasteiger partial charge is 0.167 e. The number of aromatic nitrogens is 4. The van der Waals surface area contributed by atoms with Gasteiger partial charge in [-0.3, -0.25) is 4.98 Å². The fourth-order valence-electron chi connectivity index (χ4n) is 7.01. The van der Waals surface area contributed by atoms with Crippen LogP contribution in [0.4, 0.5) is 0 Å². The molecule has 5 nitrogen and oxygen atoms in total. The Morgan fingerprint density at radius 1 is 0.609 bits per heavy atom. The van der Waals surface area contributed by atoms with Gasteiger partial charge in [-0.25, -0.2) is 15.0 Å². The number of rotatable bonds is 3. The number of allylic oxidation sites excluding steroid dienone is 2. The molecule has 0 saturated heterocycles. The van der Waals surface area contributed by atoms with E-state index < -0.39 is 0 Å². The summed E-state index contributed by atoms with van der Waals surface area (Å²) >= 11 is 1.79. The first-order chi connectivity index (χ1) is 22.8. The monoisotopic (exact) mass is 608 g/mol. The normalized spacial score (nSPS) is 16.7. The van der Waals surface area contributed by atoms with Crippen LogP contribution in [-0.4, -0.2) is 26.0 Å². The quantitative estimate of drug-likeness (QED) is 0.200. The molecule has 0 saturated carbocycles. The topological polar surface area (TPSA) is 60.8 Å². The average Bonchev–Trinajstić information content (AvgIpc) is 3.70. The molecule has 1 aliphatic carbocycles. The van der Waals surface area contributed by atoms with Gasteiger partial charge in [-0.1, -0.05) is 85.0 Å². The molecule has 1 aliphatic heterocycles. The zero-order valence-electron chi connectivity index (χ0n) is 24.5. The molecule has 0 spiro atoms. The maximum atomic E-state index is 6.71. The Morgan fingerprint density at radius 3 is 2.37 bits per heavy atom. The Bertz CT molecular complexity index is 2600. The fourth-order valence-corrected chi connectivity index (χ4v) is 8.14. The minimum Gasteiger partial charge on any atom is -0.484 e. The van der Waals surface area contributed by atoms with E-state index in [2.05, 4.69) is 126 Å². The third-order valence-corrected chi connectivity index (χ3v) is 10.3. The summed E-state index contributed by atoms with van der Waals surface area (Å²) in [5.41, 5.74) is 3.92. The third kappa shape index (κ3) is 3.87. The molecule has 2 aliphatic rings. The Balaban J connectivity index is 1.27. The van der Waals surface area contributed by atoms with E-state index in [9.17, 15) is 0 Å². The van der Waals surface area contributed by atoms with E-state index in [1.165, 1.54) is 20.2 Å². The van der Waals surface area contributed by atoms with Crippen molar-refractivity contribution in [2.45, 2.75) is 12.0 Å². The van der Waals surface area contributed by atoms with Gasteiger partial charge in [0.05, 0.1) is 5.56 Å². The van der Waals surface area contributed by atoms with Gasteiger partial charge in [0.15, 0.2) is 17.5 Å². The molecule has 0 fully saturated rings. The molecule has 0 bridgehead atoms. The first-order valence-electron chi connectivity index (χ1n) is 15.4. The van der Waals surface area contributed by atoms with Gasteiger partial charge in [-0.05, 0) is 52.6 Å². The summed E-state index contributed by atoms with van der Waals surface area (Å²) in [6.07, 6.45) is 12.2. The van der Waals surface area contributed by atoms with Crippen LogP contribution in [0.3, 0.4) is 0 Å². The molecular formula is C40H24N4OS. The third-order valence-electron chi connectivity index (χ3n) is 9.13. The molecule has 0 N–H and O–H groups in total. The predicted octanol–water partition coefficient (Wildman–Crippen LogP) is 9.91. The second kappa shape index (κ2) is 9.89. The van der Waals surface area contributed by atoms with Crippen molar-refractivity contribution in [2.24, 2.45) is 0 Å². The Kier molecular flexibility index (Phi) is 5.50. The van der Waals surface area contributed by atoms with Crippen LogP contribution >= 0.6 is 11.3 Å². The molecule has 216 valence electrons. The number of thiophene rings is 1. The van der Waals surface area contributed by atoms with Gasteiger partial charge in [0, 0.05) is 60.6 Å². The Morgan fingerprint density at radius 2 is 1.41 bits per heavy atom. The summed E-state index contributed by atoms with van der Waals surface area (Å²) in [5.74, 6) is 2.77. The van der Waals surface area contributed by atoms with Gasteiger partial charge in [-0.2, -0.15) is 0 Å². The molecule has 0 radical (unpaired) electrons. The minimum atomic E-state index is -0.0790. The van der Waals surface area contributed by atoms with Crippen molar-refractivity contribution in [3.63, 3.8) is 0 Å². The van der Waals surface area contributed by atoms with E-state index in [0.29, 0.717) is 17.5 Å². The van der Waals surface area contributed by atoms with Crippen LogP contribution in [0.25, 0.3) is 75.9 Å². The van der Waals surface area contributed by atoms with Crippen molar-refractivity contribution in [1.82, 2.24) is 19.9 Å². The predicted molar refractivity (Wildman–Crippen MR) is 187 cm³/mol. The number of benzene rings is 5. The lowest BCUT2D eigenvalue weighted by Crippen LogP contribution is -2.15. The van der Waals surface area contributed by atoms with Crippen LogP contribution < -0.4 is 4.74 Å². The number of fused-ring (bicyclic) bond motifs is 9. The van der Waals surface area contributed by atoms with Gasteiger partial charge in [0.25, 0.3) is 0 Å². The molecule has 6 heteroatoms. The maximum absolute atomic E-state index is 6.71. The van der Waals surface area contributed by atoms with Crippen molar-refractivity contribution >= 4 is 53.1 Å². The summed E-state index contributed by atoms with van der Waals surface area (Å²) in [6.45, 7) is 0. The number of pyridine rings is 1. The molecule has 2 atom stereocenters. The van der Waals surface area contributed by atoms with Gasteiger partial charge < -0.3 is 4.74 Å². The lowest BCUT2D eigenvalue weighted by atomic mass is 9.87. The molecule has 0 amide bonds. The minimum absolute atomic E-state index is 0.0790. The van der Waals surface area contributed by atoms with E-state index >= 15 is 0 Å². The van der Waals surface area contributed by atoms with Crippen LogP contribution in [-0.2, 0) is 0 Å². The van der Waals surface area contributed by atoms with Crippen LogP contribution in [0.5, 0.6) is 5.75 Å².